The summed E-state index contributed by atoms with van der Waals surface area (Å²) in [6, 6.07) is 7.51. The Bertz CT molecular complexity index is 1250. The Morgan fingerprint density at radius 3 is 2.50 bits per heavy atom. The maximum atomic E-state index is 11.9. The summed E-state index contributed by atoms with van der Waals surface area (Å²) in [6.07, 6.45) is 0. The van der Waals surface area contributed by atoms with E-state index in [4.69, 9.17) is 0 Å². The van der Waals surface area contributed by atoms with Crippen molar-refractivity contribution in [2.24, 2.45) is 10.2 Å². The van der Waals surface area contributed by atoms with Crippen LogP contribution < -0.4 is 4.90 Å². The summed E-state index contributed by atoms with van der Waals surface area (Å²) in [5.74, 6) is 0. The first-order valence-electron chi connectivity index (χ1n) is 8.97. The van der Waals surface area contributed by atoms with E-state index in [0.717, 1.165) is 0 Å². The first-order valence-corrected chi connectivity index (χ1v) is 11.2. The summed E-state index contributed by atoms with van der Waals surface area (Å²) in [5.41, 5.74) is 1.46. The van der Waals surface area contributed by atoms with Gasteiger partial charge in [0.1, 0.15) is 10.6 Å². The van der Waals surface area contributed by atoms with Gasteiger partial charge in [0.15, 0.2) is 0 Å². The molecule has 0 saturated carbocycles. The van der Waals surface area contributed by atoms with Crippen molar-refractivity contribution >= 4 is 53.9 Å². The van der Waals surface area contributed by atoms with Gasteiger partial charge in [-0.3, -0.25) is 14.7 Å². The number of anilines is 1. The number of aryl methyl sites for hydroxylation is 1. The molecule has 1 aromatic heterocycles. The highest BCUT2D eigenvalue weighted by Crippen LogP contribution is 2.35. The first-order chi connectivity index (χ1) is 14.1. The molecule has 10 nitrogen and oxygen atoms in total. The fourth-order valence-electron chi connectivity index (χ4n) is 2.97. The molecule has 0 aliphatic rings. The van der Waals surface area contributed by atoms with Gasteiger partial charge in [-0.1, -0.05) is 11.3 Å². The van der Waals surface area contributed by atoms with Gasteiger partial charge in [-0.25, -0.2) is 4.98 Å². The molecule has 2 aromatic carbocycles. The van der Waals surface area contributed by atoms with Crippen molar-refractivity contribution < 1.29 is 17.9 Å². The van der Waals surface area contributed by atoms with Crippen LogP contribution in [0.1, 0.15) is 19.4 Å². The molecule has 0 radical (unpaired) electrons. The van der Waals surface area contributed by atoms with E-state index in [9.17, 15) is 23.1 Å². The highest BCUT2D eigenvalue weighted by molar-refractivity contribution is 7.86. The minimum Gasteiger partial charge on any atom is -0.372 e. The molecule has 1 N–H and O–H groups in total. The minimum atomic E-state index is -4.53. The van der Waals surface area contributed by atoms with Crippen LogP contribution in [-0.2, 0) is 10.1 Å². The van der Waals surface area contributed by atoms with Crippen molar-refractivity contribution in [3.05, 3.63) is 46.0 Å². The number of hydrogen-bond donors (Lipinski definition) is 1. The fraction of sp³-hybridized carbons (Fsp3) is 0.278. The molecule has 30 heavy (non-hydrogen) atoms. The third-order valence-corrected chi connectivity index (χ3v) is 6.27. The van der Waals surface area contributed by atoms with E-state index in [-0.39, 0.29) is 21.4 Å². The third-order valence-electron chi connectivity index (χ3n) is 4.48. The molecule has 3 aromatic rings. The zero-order chi connectivity index (χ0) is 22.1. The largest absolute Gasteiger partial charge is 0.372 e. The summed E-state index contributed by atoms with van der Waals surface area (Å²) in [4.78, 5) is 16.4. The van der Waals surface area contributed by atoms with Gasteiger partial charge < -0.3 is 4.90 Å². The number of nitro benzene ring substituents is 1. The van der Waals surface area contributed by atoms with Gasteiger partial charge in [-0.15, -0.1) is 10.2 Å². The zero-order valence-corrected chi connectivity index (χ0v) is 18.1. The summed E-state index contributed by atoms with van der Waals surface area (Å²) < 4.78 is 34.0. The molecule has 158 valence electrons. The minimum absolute atomic E-state index is 0.0326. The maximum Gasteiger partial charge on any atom is 0.296 e. The van der Waals surface area contributed by atoms with Gasteiger partial charge in [-0.2, -0.15) is 8.42 Å². The lowest BCUT2D eigenvalue weighted by Crippen LogP contribution is -2.22. The molecule has 0 fully saturated rings. The molecular weight excluding hydrogens is 430 g/mol. The van der Waals surface area contributed by atoms with Crippen molar-refractivity contribution in [3.8, 4) is 0 Å². The second-order valence-corrected chi connectivity index (χ2v) is 8.76. The smallest absolute Gasteiger partial charge is 0.296 e. The van der Waals surface area contributed by atoms with Gasteiger partial charge in [0, 0.05) is 30.4 Å². The van der Waals surface area contributed by atoms with Crippen LogP contribution in [0.25, 0.3) is 10.2 Å². The van der Waals surface area contributed by atoms with Crippen LogP contribution >= 0.6 is 11.3 Å². The Hall–Kier alpha value is -2.96. The Kier molecular flexibility index (Phi) is 6.10. The number of hydrogen-bond acceptors (Lipinski definition) is 9. The predicted octanol–water partition coefficient (Wildman–Crippen LogP) is 5.02. The number of thiazole rings is 1. The second-order valence-electron chi connectivity index (χ2n) is 6.36. The number of rotatable bonds is 7. The molecule has 0 bridgehead atoms. The number of nitrogens with zero attached hydrogens (tertiary/aromatic N) is 5. The number of azo groups is 1. The highest BCUT2D eigenvalue weighted by atomic mass is 32.2. The van der Waals surface area contributed by atoms with Crippen LogP contribution in [0, 0.1) is 17.0 Å². The Balaban J connectivity index is 2.02. The summed E-state index contributed by atoms with van der Waals surface area (Å²) in [5, 5.41) is 19.2. The van der Waals surface area contributed by atoms with Crippen LogP contribution in [0.3, 0.4) is 0 Å². The molecule has 1 heterocycles. The molecule has 3 rings (SSSR count). The predicted molar refractivity (Wildman–Crippen MR) is 115 cm³/mol. The van der Waals surface area contributed by atoms with E-state index in [1.165, 1.54) is 29.5 Å². The summed E-state index contributed by atoms with van der Waals surface area (Å²) in [7, 11) is -4.53. The zero-order valence-electron chi connectivity index (χ0n) is 16.4. The number of nitro groups is 1. The van der Waals surface area contributed by atoms with E-state index in [1.807, 2.05) is 18.7 Å². The van der Waals surface area contributed by atoms with Gasteiger partial charge in [0.2, 0.25) is 5.13 Å². The lowest BCUT2D eigenvalue weighted by atomic mass is 10.2. The van der Waals surface area contributed by atoms with Gasteiger partial charge in [0.05, 0.1) is 15.1 Å². The SMILES string of the molecule is CCN(CC)c1ccc(N=Nc2nc3cc([N+](=O)[O-])c(C)cc3s2)c(S(=O)(=O)O)c1. The average molecular weight is 450 g/mol. The van der Waals surface area contributed by atoms with Crippen molar-refractivity contribution in [1.82, 2.24) is 4.98 Å². The molecular formula is C18H19N5O5S2. The molecule has 0 spiro atoms. The van der Waals surface area contributed by atoms with Crippen LogP contribution in [0.2, 0.25) is 0 Å². The van der Waals surface area contributed by atoms with Gasteiger partial charge in [-0.05, 0) is 45.0 Å². The van der Waals surface area contributed by atoms with Crippen LogP contribution in [0.15, 0.2) is 45.5 Å². The average Bonchev–Trinajstić information content (AvgIpc) is 3.07. The molecule has 0 atom stereocenters. The maximum absolute atomic E-state index is 11.9. The molecule has 12 heteroatoms. The molecule has 0 aliphatic heterocycles. The number of benzene rings is 2. The van der Waals surface area contributed by atoms with Gasteiger partial charge in [0.25, 0.3) is 15.8 Å². The number of aromatic nitrogens is 1. The van der Waals surface area contributed by atoms with E-state index in [2.05, 4.69) is 15.2 Å². The van der Waals surface area contributed by atoms with Crippen LogP contribution in [0.4, 0.5) is 22.2 Å². The fourth-order valence-corrected chi connectivity index (χ4v) is 4.48. The number of fused-ring (bicyclic) bond motifs is 1. The van der Waals surface area contributed by atoms with E-state index in [1.54, 1.807) is 19.1 Å². The summed E-state index contributed by atoms with van der Waals surface area (Å²) in [6.45, 7) is 6.83. The van der Waals surface area contributed by atoms with Crippen molar-refractivity contribution in [2.75, 3.05) is 18.0 Å². The lowest BCUT2D eigenvalue weighted by Gasteiger charge is -2.21. The highest BCUT2D eigenvalue weighted by Gasteiger charge is 2.19. The third kappa shape index (κ3) is 4.45. The monoisotopic (exact) mass is 449 g/mol. The second kappa shape index (κ2) is 8.42. The molecule has 0 aliphatic carbocycles. The topological polar surface area (TPSA) is 138 Å². The first kappa shape index (κ1) is 21.7. The van der Waals surface area contributed by atoms with E-state index in [0.29, 0.717) is 34.6 Å². The van der Waals surface area contributed by atoms with E-state index < -0.39 is 15.0 Å². The molecule has 0 unspecified atom stereocenters. The Morgan fingerprint density at radius 1 is 1.20 bits per heavy atom. The molecule has 0 saturated heterocycles. The normalized spacial score (nSPS) is 12.0. The van der Waals surface area contributed by atoms with Crippen molar-refractivity contribution in [1.29, 1.82) is 0 Å². The van der Waals surface area contributed by atoms with Crippen molar-refractivity contribution in [2.45, 2.75) is 25.7 Å². The van der Waals surface area contributed by atoms with Crippen molar-refractivity contribution in [3.63, 3.8) is 0 Å². The van der Waals surface area contributed by atoms with E-state index >= 15 is 0 Å². The quantitative estimate of drug-likeness (QED) is 0.231. The Morgan fingerprint density at radius 2 is 1.90 bits per heavy atom. The summed E-state index contributed by atoms with van der Waals surface area (Å²) >= 11 is 1.17. The lowest BCUT2D eigenvalue weighted by molar-refractivity contribution is -0.385. The Labute approximate surface area is 176 Å². The van der Waals surface area contributed by atoms with Crippen LogP contribution in [0.5, 0.6) is 0 Å². The van der Waals surface area contributed by atoms with Crippen LogP contribution in [-0.4, -0.2) is 36.0 Å². The van der Waals surface area contributed by atoms with Gasteiger partial charge >= 0.3 is 0 Å². The standard InChI is InChI=1S/C18H19N5O5S2/c1-4-22(5-2)12-6-7-13(17(9-12)30(26,27)28)20-21-18-19-14-10-15(23(24)25)11(3)8-16(14)29-18/h6-10H,4-5H2,1-3H3,(H,26,27,28). The molecule has 0 amide bonds.